The standard InChI is InChI=1S/C58H38N2/c1-2-19-44(20-3-1)57-51-37-47(59-53-22-10-6-15-40(53)27-28-41-16-7-11-23-54(41)59)32-34-49(51)58(46-31-26-39-14-4-5-21-45(39)36-46)50-35-33-48(38-52(50)57)60-55-24-12-8-17-42(55)29-30-43-18-9-13-25-56(43)60/h1-38H. The summed E-state index contributed by atoms with van der Waals surface area (Å²) in [5, 5.41) is 7.32. The van der Waals surface area contributed by atoms with Crippen molar-refractivity contribution in [3.05, 3.63) is 229 Å². The molecule has 0 aromatic heterocycles. The predicted molar refractivity (Wildman–Crippen MR) is 257 cm³/mol. The van der Waals surface area contributed by atoms with Crippen molar-refractivity contribution in [2.24, 2.45) is 0 Å². The van der Waals surface area contributed by atoms with Gasteiger partial charge in [0.1, 0.15) is 0 Å². The second kappa shape index (κ2) is 13.9. The number of nitrogens with zero attached hydrogens (tertiary/aromatic N) is 2. The van der Waals surface area contributed by atoms with Crippen molar-refractivity contribution in [3.8, 4) is 22.3 Å². The largest absolute Gasteiger partial charge is 0.309 e. The molecule has 2 nitrogen and oxygen atoms in total. The van der Waals surface area contributed by atoms with E-state index >= 15 is 0 Å². The maximum Gasteiger partial charge on any atom is 0.0534 e. The van der Waals surface area contributed by atoms with Crippen molar-refractivity contribution in [3.63, 3.8) is 0 Å². The highest BCUT2D eigenvalue weighted by atomic mass is 15.2. The molecule has 2 heteroatoms. The normalized spacial score (nSPS) is 12.8. The van der Waals surface area contributed by atoms with Gasteiger partial charge in [0.2, 0.25) is 0 Å². The zero-order valence-electron chi connectivity index (χ0n) is 32.8. The van der Waals surface area contributed by atoms with Crippen molar-refractivity contribution in [1.29, 1.82) is 0 Å². The fraction of sp³-hybridized carbons (Fsp3) is 0. The van der Waals surface area contributed by atoms with E-state index in [9.17, 15) is 0 Å². The zero-order chi connectivity index (χ0) is 39.6. The van der Waals surface area contributed by atoms with Gasteiger partial charge in [0.25, 0.3) is 0 Å². The summed E-state index contributed by atoms with van der Waals surface area (Å²) in [6.45, 7) is 0. The first-order valence-electron chi connectivity index (χ1n) is 20.7. The van der Waals surface area contributed by atoms with Crippen LogP contribution in [0.2, 0.25) is 0 Å². The van der Waals surface area contributed by atoms with Gasteiger partial charge in [0, 0.05) is 11.4 Å². The van der Waals surface area contributed by atoms with E-state index in [1.54, 1.807) is 0 Å². The van der Waals surface area contributed by atoms with E-state index in [4.69, 9.17) is 0 Å². The predicted octanol–water partition coefficient (Wildman–Crippen LogP) is 16.4. The van der Waals surface area contributed by atoms with Gasteiger partial charge in [-0.3, -0.25) is 0 Å². The molecule has 10 aromatic carbocycles. The zero-order valence-corrected chi connectivity index (χ0v) is 32.8. The summed E-state index contributed by atoms with van der Waals surface area (Å²) < 4.78 is 0. The molecule has 2 heterocycles. The van der Waals surface area contributed by atoms with Crippen LogP contribution in [0.3, 0.4) is 0 Å². The molecule has 0 radical (unpaired) electrons. The SMILES string of the molecule is C1=Cc2ccccc2N(c2ccc3c(-c4ccc5ccccc5c4)c4ccc(N5c6ccccc6C=Cc6ccccc65)cc4c(-c4ccccc4)c3c2)c2ccccc21. The average Bonchev–Trinajstić information content (AvgIpc) is 3.59. The fourth-order valence-corrected chi connectivity index (χ4v) is 9.56. The van der Waals surface area contributed by atoms with E-state index in [2.05, 4.69) is 240 Å². The first kappa shape index (κ1) is 34.1. The minimum Gasteiger partial charge on any atom is -0.309 e. The van der Waals surface area contributed by atoms with Crippen molar-refractivity contribution in [2.45, 2.75) is 0 Å². The molecule has 0 bridgehead atoms. The number of fused-ring (bicyclic) bond motifs is 7. The van der Waals surface area contributed by atoms with Gasteiger partial charge in [-0.2, -0.15) is 0 Å². The van der Waals surface area contributed by atoms with Crippen LogP contribution in [-0.2, 0) is 0 Å². The molecule has 0 unspecified atom stereocenters. The van der Waals surface area contributed by atoms with E-state index in [0.29, 0.717) is 0 Å². The van der Waals surface area contributed by atoms with Gasteiger partial charge in [-0.25, -0.2) is 0 Å². The van der Waals surface area contributed by atoms with Gasteiger partial charge >= 0.3 is 0 Å². The summed E-state index contributed by atoms with van der Waals surface area (Å²) >= 11 is 0. The second-order valence-electron chi connectivity index (χ2n) is 15.7. The van der Waals surface area contributed by atoms with Crippen molar-refractivity contribution < 1.29 is 0 Å². The number of anilines is 6. The number of hydrogen-bond acceptors (Lipinski definition) is 2. The Morgan fingerprint density at radius 1 is 0.250 bits per heavy atom. The van der Waals surface area contributed by atoms with Gasteiger partial charge in [-0.15, -0.1) is 0 Å². The Labute approximate surface area is 349 Å². The molecule has 60 heavy (non-hydrogen) atoms. The molecule has 0 saturated carbocycles. The van der Waals surface area contributed by atoms with Gasteiger partial charge in [-0.1, -0.05) is 176 Å². The molecular weight excluding hydrogens is 725 g/mol. The molecule has 10 aromatic rings. The molecule has 0 saturated heterocycles. The van der Waals surface area contributed by atoms with Crippen LogP contribution < -0.4 is 9.80 Å². The topological polar surface area (TPSA) is 6.48 Å². The molecule has 2 aliphatic heterocycles. The van der Waals surface area contributed by atoms with E-state index in [1.807, 2.05) is 0 Å². The third kappa shape index (κ3) is 5.50. The summed E-state index contributed by atoms with van der Waals surface area (Å²) in [5.74, 6) is 0. The van der Waals surface area contributed by atoms with E-state index in [0.717, 1.165) is 34.1 Å². The first-order chi connectivity index (χ1) is 29.8. The Hall–Kier alpha value is -7.94. The lowest BCUT2D eigenvalue weighted by atomic mass is 9.85. The molecule has 0 N–H and O–H groups in total. The van der Waals surface area contributed by atoms with Crippen LogP contribution in [0, 0.1) is 0 Å². The van der Waals surface area contributed by atoms with Crippen LogP contribution in [0.15, 0.2) is 206 Å². The van der Waals surface area contributed by atoms with Crippen LogP contribution in [-0.4, -0.2) is 0 Å². The molecule has 0 atom stereocenters. The lowest BCUT2D eigenvalue weighted by Gasteiger charge is -2.29. The minimum atomic E-state index is 1.12. The van der Waals surface area contributed by atoms with Crippen molar-refractivity contribution in [2.75, 3.05) is 9.80 Å². The molecule has 0 fully saturated rings. The maximum absolute atomic E-state index is 2.44. The third-order valence-electron chi connectivity index (χ3n) is 12.3. The van der Waals surface area contributed by atoms with Crippen LogP contribution in [0.5, 0.6) is 0 Å². The Bertz CT molecular complexity index is 3130. The quantitative estimate of drug-likeness (QED) is 0.165. The average molecular weight is 763 g/mol. The monoisotopic (exact) mass is 762 g/mol. The van der Waals surface area contributed by atoms with Crippen molar-refractivity contribution >= 4 is 90.7 Å². The highest BCUT2D eigenvalue weighted by Gasteiger charge is 2.25. The summed E-state index contributed by atoms with van der Waals surface area (Å²) in [6, 6.07) is 75.7. The number of benzene rings is 10. The van der Waals surface area contributed by atoms with E-state index in [-0.39, 0.29) is 0 Å². The first-order valence-corrected chi connectivity index (χ1v) is 20.7. The summed E-state index contributed by atoms with van der Waals surface area (Å²) in [4.78, 5) is 4.88. The number of rotatable bonds is 4. The lowest BCUT2D eigenvalue weighted by molar-refractivity contribution is 1.28. The van der Waals surface area contributed by atoms with Crippen LogP contribution in [0.25, 0.3) is 78.9 Å². The smallest absolute Gasteiger partial charge is 0.0534 e. The summed E-state index contributed by atoms with van der Waals surface area (Å²) in [5.41, 5.74) is 16.4. The number of hydrogen-bond donors (Lipinski definition) is 0. The molecule has 280 valence electrons. The molecule has 2 aliphatic rings. The molecule has 0 spiro atoms. The van der Waals surface area contributed by atoms with Gasteiger partial charge < -0.3 is 9.80 Å². The van der Waals surface area contributed by atoms with E-state index < -0.39 is 0 Å². The van der Waals surface area contributed by atoms with E-state index in [1.165, 1.54) is 76.8 Å². The summed E-state index contributed by atoms with van der Waals surface area (Å²) in [6.07, 6.45) is 8.97. The third-order valence-corrected chi connectivity index (χ3v) is 12.3. The van der Waals surface area contributed by atoms with Gasteiger partial charge in [-0.05, 0) is 131 Å². The number of para-hydroxylation sites is 4. The highest BCUT2D eigenvalue weighted by Crippen LogP contribution is 2.50. The van der Waals surface area contributed by atoms with Gasteiger partial charge in [0.15, 0.2) is 0 Å². The van der Waals surface area contributed by atoms with Crippen molar-refractivity contribution in [1.82, 2.24) is 0 Å². The Morgan fingerprint density at radius 2 is 0.650 bits per heavy atom. The molecular formula is C58H38N2. The highest BCUT2D eigenvalue weighted by molar-refractivity contribution is 6.23. The van der Waals surface area contributed by atoms with Gasteiger partial charge in [0.05, 0.1) is 22.7 Å². The molecule has 0 aliphatic carbocycles. The van der Waals surface area contributed by atoms with Crippen LogP contribution in [0.4, 0.5) is 34.1 Å². The lowest BCUT2D eigenvalue weighted by Crippen LogP contribution is -2.12. The fourth-order valence-electron chi connectivity index (χ4n) is 9.56. The Kier molecular flexibility index (Phi) is 7.89. The molecule has 0 amide bonds. The Morgan fingerprint density at radius 3 is 1.13 bits per heavy atom. The summed E-state index contributed by atoms with van der Waals surface area (Å²) in [7, 11) is 0. The minimum absolute atomic E-state index is 1.12. The molecule has 12 rings (SSSR count). The van der Waals surface area contributed by atoms with Crippen LogP contribution in [0.1, 0.15) is 22.3 Å². The Balaban J connectivity index is 1.20. The van der Waals surface area contributed by atoms with Crippen LogP contribution >= 0.6 is 0 Å². The second-order valence-corrected chi connectivity index (χ2v) is 15.7. The maximum atomic E-state index is 2.44.